The Balaban J connectivity index is 1.79. The maximum atomic E-state index is 5.66. The first-order valence-corrected chi connectivity index (χ1v) is 10.6. The molecular weight excluding hydrogens is 376 g/mol. The molecule has 1 aromatic heterocycles. The van der Waals surface area contributed by atoms with E-state index in [-0.39, 0.29) is 0 Å². The lowest BCUT2D eigenvalue weighted by Gasteiger charge is -2.06. The Labute approximate surface area is 160 Å². The summed E-state index contributed by atoms with van der Waals surface area (Å²) in [6.45, 7) is 2.98. The molecule has 0 bridgehead atoms. The van der Waals surface area contributed by atoms with Gasteiger partial charge in [-0.15, -0.1) is 0 Å². The minimum atomic E-state index is 0.730. The van der Waals surface area contributed by atoms with Gasteiger partial charge >= 0.3 is 0 Å². The van der Waals surface area contributed by atoms with Crippen molar-refractivity contribution in [3.8, 4) is 17.1 Å². The zero-order chi connectivity index (χ0) is 17.7. The maximum absolute atomic E-state index is 5.66. The average Bonchev–Trinajstić information content (AvgIpc) is 2.66. The van der Waals surface area contributed by atoms with Crippen molar-refractivity contribution < 1.29 is 4.74 Å². The molecule has 0 saturated carbocycles. The zero-order valence-corrected chi connectivity index (χ0v) is 16.8. The Morgan fingerprint density at radius 1 is 0.880 bits per heavy atom. The molecule has 1 aromatic carbocycles. The van der Waals surface area contributed by atoms with Gasteiger partial charge in [-0.2, -0.15) is 0 Å². The number of unbranched alkanes of at least 4 members (excludes halogenated alkanes) is 5. The molecular formula is C21H29BrN2O. The molecule has 0 radical (unpaired) electrons. The molecule has 3 nitrogen and oxygen atoms in total. The summed E-state index contributed by atoms with van der Waals surface area (Å²) in [7, 11) is 0. The van der Waals surface area contributed by atoms with Gasteiger partial charge in [-0.1, -0.05) is 55.0 Å². The maximum Gasteiger partial charge on any atom is 0.159 e. The van der Waals surface area contributed by atoms with Crippen LogP contribution < -0.4 is 4.74 Å². The second-order valence-electron chi connectivity index (χ2n) is 6.35. The van der Waals surface area contributed by atoms with Gasteiger partial charge in [-0.3, -0.25) is 0 Å². The van der Waals surface area contributed by atoms with Crippen molar-refractivity contribution in [3.63, 3.8) is 0 Å². The van der Waals surface area contributed by atoms with Crippen LogP contribution in [0.5, 0.6) is 5.75 Å². The summed E-state index contributed by atoms with van der Waals surface area (Å²) in [6, 6.07) is 8.01. The molecule has 0 atom stereocenters. The van der Waals surface area contributed by atoms with E-state index in [2.05, 4.69) is 32.8 Å². The quantitative estimate of drug-likeness (QED) is 0.311. The summed E-state index contributed by atoms with van der Waals surface area (Å²) in [4.78, 5) is 9.05. The predicted octanol–water partition coefficient (Wildman–Crippen LogP) is 6.21. The largest absolute Gasteiger partial charge is 0.494 e. The molecule has 0 aliphatic heterocycles. The number of hydrogen-bond donors (Lipinski definition) is 0. The van der Waals surface area contributed by atoms with Crippen LogP contribution in [-0.2, 0) is 6.42 Å². The number of ether oxygens (including phenoxy) is 1. The molecule has 0 saturated heterocycles. The van der Waals surface area contributed by atoms with E-state index in [9.17, 15) is 0 Å². The first kappa shape index (κ1) is 19.9. The first-order valence-electron chi connectivity index (χ1n) is 9.43. The molecule has 136 valence electrons. The summed E-state index contributed by atoms with van der Waals surface area (Å²) >= 11 is 3.40. The number of rotatable bonds is 12. The summed E-state index contributed by atoms with van der Waals surface area (Å²) in [5, 5.41) is 0.962. The summed E-state index contributed by atoms with van der Waals surface area (Å²) < 4.78 is 5.66. The van der Waals surface area contributed by atoms with Gasteiger partial charge in [-0.05, 0) is 49.1 Å². The molecule has 0 spiro atoms. The second-order valence-corrected chi connectivity index (χ2v) is 7.14. The third kappa shape index (κ3) is 7.55. The van der Waals surface area contributed by atoms with Crippen molar-refractivity contribution in [2.24, 2.45) is 0 Å². The molecule has 0 fully saturated rings. The lowest BCUT2D eigenvalue weighted by atomic mass is 10.1. The Morgan fingerprint density at radius 2 is 1.56 bits per heavy atom. The molecule has 2 rings (SSSR count). The number of aromatic nitrogens is 2. The van der Waals surface area contributed by atoms with Crippen LogP contribution in [0.4, 0.5) is 0 Å². The Bertz CT molecular complexity index is 584. The van der Waals surface area contributed by atoms with Crippen LogP contribution in [0.25, 0.3) is 11.4 Å². The van der Waals surface area contributed by atoms with Gasteiger partial charge in [0.2, 0.25) is 0 Å². The molecule has 0 amide bonds. The Morgan fingerprint density at radius 3 is 2.24 bits per heavy atom. The van der Waals surface area contributed by atoms with Crippen LogP contribution in [-0.4, -0.2) is 21.9 Å². The van der Waals surface area contributed by atoms with Crippen molar-refractivity contribution in [2.75, 3.05) is 11.9 Å². The van der Waals surface area contributed by atoms with E-state index in [4.69, 9.17) is 4.74 Å². The van der Waals surface area contributed by atoms with Gasteiger partial charge in [0.15, 0.2) is 5.82 Å². The average molecular weight is 405 g/mol. The van der Waals surface area contributed by atoms with E-state index >= 15 is 0 Å². The monoisotopic (exact) mass is 404 g/mol. The first-order chi connectivity index (χ1) is 12.3. The third-order valence-corrected chi connectivity index (χ3v) is 4.74. The predicted molar refractivity (Wildman–Crippen MR) is 108 cm³/mol. The van der Waals surface area contributed by atoms with Gasteiger partial charge in [0.25, 0.3) is 0 Å². The fourth-order valence-corrected chi connectivity index (χ4v) is 2.92. The number of benzene rings is 1. The minimum Gasteiger partial charge on any atom is -0.494 e. The molecule has 4 heteroatoms. The van der Waals surface area contributed by atoms with Crippen molar-refractivity contribution in [2.45, 2.75) is 58.3 Å². The van der Waals surface area contributed by atoms with Gasteiger partial charge in [0.1, 0.15) is 5.75 Å². The number of halogens is 1. The summed E-state index contributed by atoms with van der Waals surface area (Å²) in [5.74, 6) is 1.67. The highest BCUT2D eigenvalue weighted by Gasteiger charge is 2.03. The SMILES string of the molecule is CCCCCCCCc1cnc(-c2ccc(OCCCBr)cc2)nc1. The molecule has 0 N–H and O–H groups in total. The van der Waals surface area contributed by atoms with Crippen molar-refractivity contribution >= 4 is 15.9 Å². The highest BCUT2D eigenvalue weighted by molar-refractivity contribution is 9.09. The topological polar surface area (TPSA) is 35.0 Å². The Hall–Kier alpha value is -1.42. The lowest BCUT2D eigenvalue weighted by Crippen LogP contribution is -1.97. The van der Waals surface area contributed by atoms with Crippen LogP contribution in [0.3, 0.4) is 0 Å². The van der Waals surface area contributed by atoms with Gasteiger partial charge < -0.3 is 4.74 Å². The van der Waals surface area contributed by atoms with Gasteiger partial charge in [-0.25, -0.2) is 9.97 Å². The van der Waals surface area contributed by atoms with E-state index < -0.39 is 0 Å². The van der Waals surface area contributed by atoms with E-state index in [1.807, 2.05) is 36.7 Å². The highest BCUT2D eigenvalue weighted by atomic mass is 79.9. The lowest BCUT2D eigenvalue weighted by molar-refractivity contribution is 0.319. The van der Waals surface area contributed by atoms with Crippen molar-refractivity contribution in [1.29, 1.82) is 0 Å². The highest BCUT2D eigenvalue weighted by Crippen LogP contribution is 2.19. The minimum absolute atomic E-state index is 0.730. The van der Waals surface area contributed by atoms with Crippen LogP contribution in [0.2, 0.25) is 0 Å². The van der Waals surface area contributed by atoms with Crippen LogP contribution in [0.1, 0.15) is 57.4 Å². The molecule has 1 heterocycles. The molecule has 2 aromatic rings. The third-order valence-electron chi connectivity index (χ3n) is 4.18. The van der Waals surface area contributed by atoms with E-state index in [0.29, 0.717) is 0 Å². The number of nitrogens with zero attached hydrogens (tertiary/aromatic N) is 2. The fourth-order valence-electron chi connectivity index (χ4n) is 2.69. The fraction of sp³-hybridized carbons (Fsp3) is 0.524. The molecule has 0 unspecified atom stereocenters. The number of aryl methyl sites for hydroxylation is 1. The standard InChI is InChI=1S/C21H29BrN2O/c1-2-3-4-5-6-7-9-18-16-23-21(24-17-18)19-10-12-20(13-11-19)25-15-8-14-22/h10-13,16-17H,2-9,14-15H2,1H3. The van der Waals surface area contributed by atoms with E-state index in [1.54, 1.807) is 0 Å². The Kier molecular flexibility index (Phi) is 9.57. The number of hydrogen-bond acceptors (Lipinski definition) is 3. The molecule has 0 aliphatic carbocycles. The van der Waals surface area contributed by atoms with Crippen molar-refractivity contribution in [3.05, 3.63) is 42.2 Å². The summed E-state index contributed by atoms with van der Waals surface area (Å²) in [5.41, 5.74) is 2.26. The van der Waals surface area contributed by atoms with Crippen LogP contribution in [0.15, 0.2) is 36.7 Å². The van der Waals surface area contributed by atoms with Crippen molar-refractivity contribution in [1.82, 2.24) is 9.97 Å². The van der Waals surface area contributed by atoms with Crippen LogP contribution >= 0.6 is 15.9 Å². The smallest absolute Gasteiger partial charge is 0.159 e. The van der Waals surface area contributed by atoms with Gasteiger partial charge in [0.05, 0.1) is 6.61 Å². The molecule has 0 aliphatic rings. The normalized spacial score (nSPS) is 10.8. The van der Waals surface area contributed by atoms with Crippen LogP contribution in [0, 0.1) is 0 Å². The molecule has 25 heavy (non-hydrogen) atoms. The summed E-state index contributed by atoms with van der Waals surface area (Å²) in [6.07, 6.45) is 13.9. The number of alkyl halides is 1. The zero-order valence-electron chi connectivity index (χ0n) is 15.2. The van der Waals surface area contributed by atoms with E-state index in [1.165, 1.54) is 44.1 Å². The van der Waals surface area contributed by atoms with E-state index in [0.717, 1.165) is 41.9 Å². The van der Waals surface area contributed by atoms with Gasteiger partial charge in [0, 0.05) is 23.3 Å². The second kappa shape index (κ2) is 12.0.